The molecule has 0 amide bonds. The number of aromatic nitrogens is 1. The maximum atomic E-state index is 5.61. The predicted molar refractivity (Wildman–Crippen MR) is 39.3 cm³/mol. The molecule has 1 heterocycles. The van der Waals surface area contributed by atoms with E-state index in [2.05, 4.69) is 11.6 Å². The fraction of sp³-hybridized carbons (Fsp3) is 0. The van der Waals surface area contributed by atoms with E-state index in [-0.39, 0.29) is 0 Å². The molecule has 0 radical (unpaired) electrons. The monoisotopic (exact) mass is 139 g/mol. The Kier molecular flexibility index (Phi) is 1.85. The Labute approximate surface area is 59.0 Å². The number of hydrogen-bond acceptors (Lipinski definition) is 1. The Morgan fingerprint density at radius 3 is 2.78 bits per heavy atom. The molecule has 0 aliphatic rings. The summed E-state index contributed by atoms with van der Waals surface area (Å²) in [6.07, 6.45) is 5.01. The zero-order chi connectivity index (χ0) is 6.69. The van der Waals surface area contributed by atoms with Crippen LogP contribution in [0.5, 0.6) is 0 Å². The first-order valence-electron chi connectivity index (χ1n) is 2.56. The molecule has 9 heavy (non-hydrogen) atoms. The van der Waals surface area contributed by atoms with E-state index in [0.717, 1.165) is 5.56 Å². The van der Waals surface area contributed by atoms with Crippen molar-refractivity contribution in [3.05, 3.63) is 35.6 Å². The van der Waals surface area contributed by atoms with Crippen LogP contribution < -0.4 is 0 Å². The van der Waals surface area contributed by atoms with E-state index in [1.807, 2.05) is 6.07 Å². The molecule has 2 heteroatoms. The lowest BCUT2D eigenvalue weighted by molar-refractivity contribution is 1.32. The van der Waals surface area contributed by atoms with Gasteiger partial charge in [-0.25, -0.2) is 0 Å². The minimum absolute atomic E-state index is 0.646. The zero-order valence-corrected chi connectivity index (χ0v) is 5.60. The van der Waals surface area contributed by atoms with Crippen molar-refractivity contribution in [2.24, 2.45) is 0 Å². The number of nitrogens with zero attached hydrogens (tertiary/aromatic N) is 1. The van der Waals surface area contributed by atoms with Crippen LogP contribution in [0.4, 0.5) is 0 Å². The van der Waals surface area contributed by atoms with Crippen LogP contribution in [0.1, 0.15) is 5.56 Å². The van der Waals surface area contributed by atoms with Crippen molar-refractivity contribution in [3.8, 4) is 0 Å². The van der Waals surface area contributed by atoms with Crippen molar-refractivity contribution in [2.45, 2.75) is 0 Å². The van der Waals surface area contributed by atoms with E-state index < -0.39 is 0 Å². The topological polar surface area (TPSA) is 12.9 Å². The highest BCUT2D eigenvalue weighted by atomic mass is 35.5. The summed E-state index contributed by atoms with van der Waals surface area (Å²) in [4.78, 5) is 3.85. The third-order valence-corrected chi connectivity index (χ3v) is 1.17. The summed E-state index contributed by atoms with van der Waals surface area (Å²) in [5.74, 6) is 0. The third-order valence-electron chi connectivity index (χ3n) is 0.962. The second kappa shape index (κ2) is 2.65. The molecule has 0 aromatic carbocycles. The fourth-order valence-electron chi connectivity index (χ4n) is 0.540. The van der Waals surface area contributed by atoms with E-state index in [1.165, 1.54) is 0 Å². The number of pyridine rings is 1. The summed E-state index contributed by atoms with van der Waals surface area (Å²) < 4.78 is 0. The van der Waals surface area contributed by atoms with Gasteiger partial charge in [0.1, 0.15) is 0 Å². The zero-order valence-electron chi connectivity index (χ0n) is 4.84. The van der Waals surface area contributed by atoms with Crippen molar-refractivity contribution in [3.63, 3.8) is 0 Å². The van der Waals surface area contributed by atoms with Crippen LogP contribution >= 0.6 is 11.6 Å². The van der Waals surface area contributed by atoms with E-state index in [4.69, 9.17) is 11.6 Å². The number of hydrogen-bond donors (Lipinski definition) is 0. The molecule has 0 spiro atoms. The van der Waals surface area contributed by atoms with Gasteiger partial charge in [-0.2, -0.15) is 0 Å². The molecular formula is C7H6ClN. The number of halogens is 1. The first-order chi connectivity index (χ1) is 4.33. The average molecular weight is 140 g/mol. The molecule has 0 unspecified atom stereocenters. The van der Waals surface area contributed by atoms with Crippen LogP contribution in [0.15, 0.2) is 25.0 Å². The van der Waals surface area contributed by atoms with Crippen molar-refractivity contribution in [2.75, 3.05) is 0 Å². The van der Waals surface area contributed by atoms with Gasteiger partial charge in [0.2, 0.25) is 0 Å². The molecule has 0 aliphatic heterocycles. The first kappa shape index (κ1) is 6.30. The van der Waals surface area contributed by atoms with Crippen LogP contribution in [0.2, 0.25) is 5.02 Å². The van der Waals surface area contributed by atoms with E-state index in [1.54, 1.807) is 18.5 Å². The minimum Gasteiger partial charge on any atom is -0.263 e. The molecule has 0 bridgehead atoms. The standard InChI is InChI=1S/C7H6ClN/c1-2-6-3-7(8)5-9-4-6/h2-5H,1H2. The van der Waals surface area contributed by atoms with Gasteiger partial charge < -0.3 is 0 Å². The molecular weight excluding hydrogens is 134 g/mol. The SMILES string of the molecule is C=Cc1cncc(Cl)c1. The molecule has 0 N–H and O–H groups in total. The summed E-state index contributed by atoms with van der Waals surface area (Å²) in [7, 11) is 0. The summed E-state index contributed by atoms with van der Waals surface area (Å²) in [5, 5.41) is 0.646. The highest BCUT2D eigenvalue weighted by Gasteiger charge is 1.86. The Morgan fingerprint density at radius 2 is 2.33 bits per heavy atom. The van der Waals surface area contributed by atoms with Gasteiger partial charge in [0.15, 0.2) is 0 Å². The predicted octanol–water partition coefficient (Wildman–Crippen LogP) is 2.38. The summed E-state index contributed by atoms with van der Waals surface area (Å²) in [6, 6.07) is 1.81. The molecule has 1 rings (SSSR count). The summed E-state index contributed by atoms with van der Waals surface area (Å²) >= 11 is 5.61. The Morgan fingerprint density at radius 1 is 1.56 bits per heavy atom. The largest absolute Gasteiger partial charge is 0.263 e. The minimum atomic E-state index is 0.646. The highest BCUT2D eigenvalue weighted by molar-refractivity contribution is 6.30. The van der Waals surface area contributed by atoms with Gasteiger partial charge >= 0.3 is 0 Å². The average Bonchev–Trinajstić information content (AvgIpc) is 1.88. The van der Waals surface area contributed by atoms with Crippen LogP contribution in [0.3, 0.4) is 0 Å². The quantitative estimate of drug-likeness (QED) is 0.582. The van der Waals surface area contributed by atoms with Gasteiger partial charge in [0.05, 0.1) is 5.02 Å². The van der Waals surface area contributed by atoms with Crippen molar-refractivity contribution < 1.29 is 0 Å². The maximum absolute atomic E-state index is 5.61. The molecule has 1 aromatic heterocycles. The van der Waals surface area contributed by atoms with Crippen molar-refractivity contribution in [1.29, 1.82) is 0 Å². The van der Waals surface area contributed by atoms with Gasteiger partial charge in [-0.3, -0.25) is 4.98 Å². The Balaban J connectivity index is 3.07. The highest BCUT2D eigenvalue weighted by Crippen LogP contribution is 2.08. The lowest BCUT2D eigenvalue weighted by Gasteiger charge is -1.89. The van der Waals surface area contributed by atoms with Crippen LogP contribution in [0.25, 0.3) is 6.08 Å². The molecule has 0 saturated carbocycles. The molecule has 0 fully saturated rings. The van der Waals surface area contributed by atoms with Gasteiger partial charge in [0.25, 0.3) is 0 Å². The normalized spacial score (nSPS) is 9.00. The maximum Gasteiger partial charge on any atom is 0.0595 e. The van der Waals surface area contributed by atoms with Gasteiger partial charge in [-0.1, -0.05) is 24.3 Å². The van der Waals surface area contributed by atoms with Crippen LogP contribution in [0, 0.1) is 0 Å². The van der Waals surface area contributed by atoms with E-state index in [0.29, 0.717) is 5.02 Å². The smallest absolute Gasteiger partial charge is 0.0595 e. The molecule has 1 nitrogen and oxygen atoms in total. The Bertz CT molecular complexity index is 220. The van der Waals surface area contributed by atoms with E-state index in [9.17, 15) is 0 Å². The second-order valence-corrected chi connectivity index (χ2v) is 2.08. The van der Waals surface area contributed by atoms with Gasteiger partial charge in [-0.05, 0) is 11.6 Å². The van der Waals surface area contributed by atoms with Crippen molar-refractivity contribution >= 4 is 17.7 Å². The van der Waals surface area contributed by atoms with E-state index >= 15 is 0 Å². The lowest BCUT2D eigenvalue weighted by Crippen LogP contribution is -1.73. The molecule has 0 aliphatic carbocycles. The van der Waals surface area contributed by atoms with Crippen molar-refractivity contribution in [1.82, 2.24) is 4.98 Å². The number of rotatable bonds is 1. The van der Waals surface area contributed by atoms with Crippen LogP contribution in [-0.4, -0.2) is 4.98 Å². The molecule has 0 atom stereocenters. The molecule has 1 aromatic rings. The molecule has 0 saturated heterocycles. The Hall–Kier alpha value is -0.820. The second-order valence-electron chi connectivity index (χ2n) is 1.64. The van der Waals surface area contributed by atoms with Gasteiger partial charge in [0, 0.05) is 12.4 Å². The van der Waals surface area contributed by atoms with Gasteiger partial charge in [-0.15, -0.1) is 0 Å². The first-order valence-corrected chi connectivity index (χ1v) is 2.93. The lowest BCUT2D eigenvalue weighted by atomic mass is 10.3. The summed E-state index contributed by atoms with van der Waals surface area (Å²) in [6.45, 7) is 3.57. The summed E-state index contributed by atoms with van der Waals surface area (Å²) in [5.41, 5.74) is 0.947. The third kappa shape index (κ3) is 1.54. The fourth-order valence-corrected chi connectivity index (χ4v) is 0.722. The molecule has 46 valence electrons. The van der Waals surface area contributed by atoms with Crippen LogP contribution in [-0.2, 0) is 0 Å².